The fourth-order valence-corrected chi connectivity index (χ4v) is 1.93. The van der Waals surface area contributed by atoms with Crippen molar-refractivity contribution in [2.45, 2.75) is 0 Å². The van der Waals surface area contributed by atoms with Crippen LogP contribution in [0.15, 0.2) is 12.3 Å². The molecule has 0 saturated carbocycles. The number of pyridine rings is 1. The summed E-state index contributed by atoms with van der Waals surface area (Å²) in [5, 5.41) is 10.7. The van der Waals surface area contributed by atoms with E-state index in [1.807, 2.05) is 0 Å². The third kappa shape index (κ3) is 4.02. The highest BCUT2D eigenvalue weighted by atomic mass is 35.5. The lowest BCUT2D eigenvalue weighted by molar-refractivity contribution is -0.385. The molecule has 2 rings (SSSR count). The number of nitro groups is 1. The Morgan fingerprint density at radius 1 is 1.53 bits per heavy atom. The number of halogens is 1. The Balaban J connectivity index is 1.83. The average Bonchev–Trinajstić information content (AvgIpc) is 2.41. The first-order chi connectivity index (χ1) is 9.16. The van der Waals surface area contributed by atoms with Crippen LogP contribution in [0.25, 0.3) is 0 Å². The quantitative estimate of drug-likeness (QED) is 0.601. The number of morpholine rings is 1. The molecule has 1 aromatic rings. The van der Waals surface area contributed by atoms with E-state index < -0.39 is 4.92 Å². The first-order valence-corrected chi connectivity index (χ1v) is 6.27. The highest BCUT2D eigenvalue weighted by Crippen LogP contribution is 2.25. The van der Waals surface area contributed by atoms with Crippen LogP contribution in [-0.4, -0.2) is 54.3 Å². The Hall–Kier alpha value is -1.44. The van der Waals surface area contributed by atoms with E-state index in [9.17, 15) is 10.1 Å². The van der Waals surface area contributed by atoms with Gasteiger partial charge in [-0.3, -0.25) is 15.0 Å². The van der Waals surface area contributed by atoms with Crippen molar-refractivity contribution < 1.29 is 14.4 Å². The van der Waals surface area contributed by atoms with Crippen molar-refractivity contribution >= 4 is 17.3 Å². The maximum atomic E-state index is 10.5. The zero-order valence-electron chi connectivity index (χ0n) is 10.2. The second kappa shape index (κ2) is 6.65. The van der Waals surface area contributed by atoms with Gasteiger partial charge in [-0.15, -0.1) is 0 Å². The van der Waals surface area contributed by atoms with Gasteiger partial charge in [0.05, 0.1) is 18.1 Å². The third-order valence-electron chi connectivity index (χ3n) is 2.75. The first-order valence-electron chi connectivity index (χ1n) is 5.89. The summed E-state index contributed by atoms with van der Waals surface area (Å²) in [6.07, 6.45) is 1.13. The minimum absolute atomic E-state index is 0.148. The fraction of sp³-hybridized carbons (Fsp3) is 0.545. The van der Waals surface area contributed by atoms with Crippen LogP contribution in [0, 0.1) is 10.1 Å². The van der Waals surface area contributed by atoms with Gasteiger partial charge >= 0.3 is 0 Å². The van der Waals surface area contributed by atoms with E-state index in [2.05, 4.69) is 9.88 Å². The predicted molar refractivity (Wildman–Crippen MR) is 68.7 cm³/mol. The molecule has 0 amide bonds. The molecule has 1 aromatic heterocycles. The van der Waals surface area contributed by atoms with Gasteiger partial charge in [-0.25, -0.2) is 4.98 Å². The monoisotopic (exact) mass is 287 g/mol. The minimum atomic E-state index is -0.545. The molecule has 19 heavy (non-hydrogen) atoms. The molecule has 7 nitrogen and oxygen atoms in total. The number of hydrogen-bond acceptors (Lipinski definition) is 6. The van der Waals surface area contributed by atoms with E-state index in [0.717, 1.165) is 39.0 Å². The summed E-state index contributed by atoms with van der Waals surface area (Å²) in [4.78, 5) is 16.0. The Morgan fingerprint density at radius 3 is 2.89 bits per heavy atom. The van der Waals surface area contributed by atoms with Crippen LogP contribution in [0.3, 0.4) is 0 Å². The summed E-state index contributed by atoms with van der Waals surface area (Å²) in [6.45, 7) is 4.41. The Morgan fingerprint density at radius 2 is 2.26 bits per heavy atom. The highest BCUT2D eigenvalue weighted by molar-refractivity contribution is 6.32. The lowest BCUT2D eigenvalue weighted by Crippen LogP contribution is -2.38. The van der Waals surface area contributed by atoms with Gasteiger partial charge in [-0.2, -0.15) is 0 Å². The molecular formula is C11H14ClN3O4. The van der Waals surface area contributed by atoms with Crippen LogP contribution < -0.4 is 4.74 Å². The SMILES string of the molecule is O=[N+]([O-])c1cnc(OCCN2CCOCC2)c(Cl)c1. The standard InChI is InChI=1S/C11H14ClN3O4/c12-10-7-9(15(16)17)8-13-11(10)19-6-3-14-1-4-18-5-2-14/h7-8H,1-6H2. The zero-order valence-corrected chi connectivity index (χ0v) is 11.0. The van der Waals surface area contributed by atoms with E-state index in [-0.39, 0.29) is 16.6 Å². The van der Waals surface area contributed by atoms with E-state index in [4.69, 9.17) is 21.1 Å². The second-order valence-electron chi connectivity index (χ2n) is 4.04. The third-order valence-corrected chi connectivity index (χ3v) is 3.02. The van der Waals surface area contributed by atoms with Gasteiger partial charge in [0.1, 0.15) is 17.8 Å². The first kappa shape index (κ1) is 14.0. The van der Waals surface area contributed by atoms with Gasteiger partial charge in [0.25, 0.3) is 5.69 Å². The zero-order chi connectivity index (χ0) is 13.7. The van der Waals surface area contributed by atoms with Crippen molar-refractivity contribution in [3.63, 3.8) is 0 Å². The van der Waals surface area contributed by atoms with Gasteiger partial charge < -0.3 is 9.47 Å². The van der Waals surface area contributed by atoms with Crippen molar-refractivity contribution in [3.8, 4) is 5.88 Å². The topological polar surface area (TPSA) is 77.7 Å². The van der Waals surface area contributed by atoms with Crippen molar-refractivity contribution in [1.29, 1.82) is 0 Å². The molecule has 8 heteroatoms. The molecule has 1 aliphatic heterocycles. The Labute approximate surface area is 115 Å². The number of rotatable bonds is 5. The average molecular weight is 288 g/mol. The summed E-state index contributed by atoms with van der Waals surface area (Å²) in [7, 11) is 0. The van der Waals surface area contributed by atoms with Crippen molar-refractivity contribution in [1.82, 2.24) is 9.88 Å². The van der Waals surface area contributed by atoms with E-state index in [1.54, 1.807) is 0 Å². The predicted octanol–water partition coefficient (Wildman–Crippen LogP) is 1.35. The van der Waals surface area contributed by atoms with Crippen molar-refractivity contribution in [2.75, 3.05) is 39.5 Å². The number of hydrogen-bond donors (Lipinski definition) is 0. The van der Waals surface area contributed by atoms with Gasteiger partial charge in [0.15, 0.2) is 0 Å². The molecule has 0 bridgehead atoms. The highest BCUT2D eigenvalue weighted by Gasteiger charge is 2.13. The van der Waals surface area contributed by atoms with E-state index in [1.165, 1.54) is 6.07 Å². The molecule has 0 unspecified atom stereocenters. The fourth-order valence-electron chi connectivity index (χ4n) is 1.72. The number of aromatic nitrogens is 1. The number of ether oxygens (including phenoxy) is 2. The lowest BCUT2D eigenvalue weighted by atomic mass is 10.4. The largest absolute Gasteiger partial charge is 0.475 e. The van der Waals surface area contributed by atoms with Gasteiger partial charge in [-0.1, -0.05) is 11.6 Å². The van der Waals surface area contributed by atoms with Crippen LogP contribution in [0.1, 0.15) is 0 Å². The molecule has 0 aromatic carbocycles. The summed E-state index contributed by atoms with van der Waals surface area (Å²) in [6, 6.07) is 1.23. The van der Waals surface area contributed by atoms with Crippen LogP contribution in [-0.2, 0) is 4.74 Å². The molecule has 2 heterocycles. The Bertz CT molecular complexity index is 452. The molecule has 1 saturated heterocycles. The van der Waals surface area contributed by atoms with Crippen LogP contribution in [0.4, 0.5) is 5.69 Å². The molecule has 1 aliphatic rings. The molecular weight excluding hydrogens is 274 g/mol. The molecule has 0 radical (unpaired) electrons. The van der Waals surface area contributed by atoms with Gasteiger partial charge in [0.2, 0.25) is 5.88 Å². The molecule has 0 spiro atoms. The normalized spacial score (nSPS) is 16.3. The smallest absolute Gasteiger partial charge is 0.289 e. The summed E-state index contributed by atoms with van der Waals surface area (Å²) < 4.78 is 10.7. The molecule has 104 valence electrons. The van der Waals surface area contributed by atoms with Crippen molar-refractivity contribution in [2.24, 2.45) is 0 Å². The summed E-state index contributed by atoms with van der Waals surface area (Å²) in [5.74, 6) is 0.223. The van der Waals surface area contributed by atoms with Crippen molar-refractivity contribution in [3.05, 3.63) is 27.4 Å². The summed E-state index contributed by atoms with van der Waals surface area (Å²) in [5.41, 5.74) is -0.148. The summed E-state index contributed by atoms with van der Waals surface area (Å²) >= 11 is 5.87. The second-order valence-corrected chi connectivity index (χ2v) is 4.45. The maximum absolute atomic E-state index is 10.5. The molecule has 1 fully saturated rings. The molecule has 0 aliphatic carbocycles. The maximum Gasteiger partial charge on any atom is 0.289 e. The molecule has 0 atom stereocenters. The van der Waals surface area contributed by atoms with Crippen LogP contribution >= 0.6 is 11.6 Å². The van der Waals surface area contributed by atoms with Gasteiger partial charge in [0, 0.05) is 25.7 Å². The molecule has 0 N–H and O–H groups in total. The van der Waals surface area contributed by atoms with E-state index >= 15 is 0 Å². The lowest BCUT2D eigenvalue weighted by Gasteiger charge is -2.26. The number of nitrogens with zero attached hydrogens (tertiary/aromatic N) is 3. The van der Waals surface area contributed by atoms with Crippen LogP contribution in [0.2, 0.25) is 5.02 Å². The van der Waals surface area contributed by atoms with Crippen LogP contribution in [0.5, 0.6) is 5.88 Å². The minimum Gasteiger partial charge on any atom is -0.475 e. The Kier molecular flexibility index (Phi) is 4.89. The van der Waals surface area contributed by atoms with E-state index in [0.29, 0.717) is 6.61 Å². The van der Waals surface area contributed by atoms with Gasteiger partial charge in [-0.05, 0) is 0 Å².